The standard InChI is InChI=1S/C18H22FN3O/c1-12-6-7-15(10-17(12)19)18(23)21-8-4-5-16(11-21)22-14(3)9-13(2)20-22/h6-7,9-10,16H,4-5,8,11H2,1-3H3/t16-/m1/s1. The summed E-state index contributed by atoms with van der Waals surface area (Å²) in [5.74, 6) is -0.432. The highest BCUT2D eigenvalue weighted by atomic mass is 19.1. The van der Waals surface area contributed by atoms with Crippen LogP contribution in [0.2, 0.25) is 0 Å². The molecule has 1 aromatic carbocycles. The number of carbonyl (C=O) groups is 1. The maximum absolute atomic E-state index is 13.7. The molecule has 122 valence electrons. The minimum Gasteiger partial charge on any atom is -0.337 e. The third kappa shape index (κ3) is 3.14. The Bertz CT molecular complexity index is 738. The third-order valence-corrected chi connectivity index (χ3v) is 4.49. The molecule has 2 aromatic rings. The van der Waals surface area contributed by atoms with E-state index in [0.717, 1.165) is 24.2 Å². The van der Waals surface area contributed by atoms with Gasteiger partial charge in [0.25, 0.3) is 5.91 Å². The van der Waals surface area contributed by atoms with Gasteiger partial charge in [-0.05, 0) is 57.4 Å². The summed E-state index contributed by atoms with van der Waals surface area (Å²) in [4.78, 5) is 14.5. The van der Waals surface area contributed by atoms with Crippen LogP contribution in [0.5, 0.6) is 0 Å². The lowest BCUT2D eigenvalue weighted by Gasteiger charge is -2.33. The number of piperidine rings is 1. The lowest BCUT2D eigenvalue weighted by molar-refractivity contribution is 0.0671. The van der Waals surface area contributed by atoms with Crippen molar-refractivity contribution in [3.63, 3.8) is 0 Å². The lowest BCUT2D eigenvalue weighted by Crippen LogP contribution is -2.41. The molecule has 1 atom stereocenters. The summed E-state index contributed by atoms with van der Waals surface area (Å²) < 4.78 is 15.7. The van der Waals surface area contributed by atoms with Crippen LogP contribution in [-0.4, -0.2) is 33.7 Å². The molecular formula is C18H22FN3O. The SMILES string of the molecule is Cc1cc(C)n([C@@H]2CCCN(C(=O)c3ccc(C)c(F)c3)C2)n1. The largest absolute Gasteiger partial charge is 0.337 e. The molecule has 1 aliphatic rings. The molecule has 1 fully saturated rings. The van der Waals surface area contributed by atoms with Gasteiger partial charge < -0.3 is 4.90 Å². The molecule has 0 aliphatic carbocycles. The summed E-state index contributed by atoms with van der Waals surface area (Å²) in [6, 6.07) is 6.94. The van der Waals surface area contributed by atoms with Crippen molar-refractivity contribution in [2.24, 2.45) is 0 Å². The van der Waals surface area contributed by atoms with Crippen molar-refractivity contribution >= 4 is 5.91 Å². The molecule has 0 bridgehead atoms. The quantitative estimate of drug-likeness (QED) is 0.851. The van der Waals surface area contributed by atoms with Gasteiger partial charge in [-0.1, -0.05) is 6.07 Å². The number of aryl methyl sites for hydroxylation is 3. The number of rotatable bonds is 2. The average molecular weight is 315 g/mol. The van der Waals surface area contributed by atoms with Gasteiger partial charge in [0.1, 0.15) is 5.82 Å². The number of amides is 1. The normalized spacial score (nSPS) is 18.3. The minimum atomic E-state index is -0.331. The first kappa shape index (κ1) is 15.7. The van der Waals surface area contributed by atoms with Gasteiger partial charge in [-0.25, -0.2) is 4.39 Å². The molecule has 0 N–H and O–H groups in total. The fourth-order valence-electron chi connectivity index (χ4n) is 3.26. The van der Waals surface area contributed by atoms with E-state index in [2.05, 4.69) is 11.2 Å². The van der Waals surface area contributed by atoms with Crippen molar-refractivity contribution in [1.82, 2.24) is 14.7 Å². The molecule has 1 aromatic heterocycles. The first-order valence-electron chi connectivity index (χ1n) is 8.04. The van der Waals surface area contributed by atoms with Gasteiger partial charge in [-0.2, -0.15) is 5.10 Å². The molecule has 23 heavy (non-hydrogen) atoms. The van der Waals surface area contributed by atoms with Gasteiger partial charge in [0.15, 0.2) is 0 Å². The van der Waals surface area contributed by atoms with Crippen LogP contribution in [0.3, 0.4) is 0 Å². The van der Waals surface area contributed by atoms with Crippen LogP contribution in [0.4, 0.5) is 4.39 Å². The molecule has 5 heteroatoms. The predicted molar refractivity (Wildman–Crippen MR) is 87.0 cm³/mol. The highest BCUT2D eigenvalue weighted by molar-refractivity contribution is 5.94. The molecule has 1 saturated heterocycles. The van der Waals surface area contributed by atoms with Crippen molar-refractivity contribution in [3.05, 3.63) is 52.6 Å². The van der Waals surface area contributed by atoms with Crippen molar-refractivity contribution in [2.75, 3.05) is 13.1 Å². The monoisotopic (exact) mass is 315 g/mol. The fourth-order valence-corrected chi connectivity index (χ4v) is 3.26. The zero-order chi connectivity index (χ0) is 16.6. The van der Waals surface area contributed by atoms with Crippen LogP contribution in [0, 0.1) is 26.6 Å². The molecule has 2 heterocycles. The Morgan fingerprint density at radius 2 is 2.04 bits per heavy atom. The van der Waals surface area contributed by atoms with Gasteiger partial charge in [-0.3, -0.25) is 9.48 Å². The zero-order valence-corrected chi connectivity index (χ0v) is 13.8. The number of halogens is 1. The second-order valence-corrected chi connectivity index (χ2v) is 6.38. The van der Waals surface area contributed by atoms with E-state index in [1.54, 1.807) is 19.1 Å². The number of carbonyl (C=O) groups excluding carboxylic acids is 1. The topological polar surface area (TPSA) is 38.1 Å². The average Bonchev–Trinajstić information content (AvgIpc) is 2.88. The summed E-state index contributed by atoms with van der Waals surface area (Å²) >= 11 is 0. The van der Waals surface area contributed by atoms with E-state index >= 15 is 0 Å². The Labute approximate surface area is 135 Å². The summed E-state index contributed by atoms with van der Waals surface area (Å²) in [6.45, 7) is 7.05. The number of hydrogen-bond donors (Lipinski definition) is 0. The van der Waals surface area contributed by atoms with Crippen molar-refractivity contribution in [3.8, 4) is 0 Å². The van der Waals surface area contributed by atoms with Gasteiger partial charge in [0, 0.05) is 24.3 Å². The molecule has 0 spiro atoms. The van der Waals surface area contributed by atoms with Gasteiger partial charge in [0.05, 0.1) is 11.7 Å². The van der Waals surface area contributed by atoms with Crippen LogP contribution in [0.15, 0.2) is 24.3 Å². The fraction of sp³-hybridized carbons (Fsp3) is 0.444. The van der Waals surface area contributed by atoms with E-state index in [9.17, 15) is 9.18 Å². The minimum absolute atomic E-state index is 0.102. The van der Waals surface area contributed by atoms with Crippen LogP contribution in [-0.2, 0) is 0 Å². The van der Waals surface area contributed by atoms with Gasteiger partial charge >= 0.3 is 0 Å². The number of likely N-dealkylation sites (tertiary alicyclic amines) is 1. The van der Waals surface area contributed by atoms with Crippen molar-refractivity contribution < 1.29 is 9.18 Å². The lowest BCUT2D eigenvalue weighted by atomic mass is 10.0. The molecule has 3 rings (SSSR count). The highest BCUT2D eigenvalue weighted by Gasteiger charge is 2.27. The Morgan fingerprint density at radius 1 is 1.26 bits per heavy atom. The summed E-state index contributed by atoms with van der Waals surface area (Å²) in [7, 11) is 0. The first-order valence-corrected chi connectivity index (χ1v) is 8.04. The third-order valence-electron chi connectivity index (χ3n) is 4.49. The maximum Gasteiger partial charge on any atom is 0.254 e. The Kier molecular flexibility index (Phi) is 4.20. The molecule has 4 nitrogen and oxygen atoms in total. The number of nitrogens with zero attached hydrogens (tertiary/aromatic N) is 3. The molecule has 1 aliphatic heterocycles. The maximum atomic E-state index is 13.7. The van der Waals surface area contributed by atoms with Crippen LogP contribution < -0.4 is 0 Å². The zero-order valence-electron chi connectivity index (χ0n) is 13.8. The Morgan fingerprint density at radius 3 is 2.70 bits per heavy atom. The van der Waals surface area contributed by atoms with Crippen LogP contribution in [0.25, 0.3) is 0 Å². The van der Waals surface area contributed by atoms with E-state index in [1.807, 2.05) is 23.4 Å². The van der Waals surface area contributed by atoms with E-state index in [1.165, 1.54) is 6.07 Å². The highest BCUT2D eigenvalue weighted by Crippen LogP contribution is 2.24. The van der Waals surface area contributed by atoms with E-state index in [-0.39, 0.29) is 17.8 Å². The summed E-state index contributed by atoms with van der Waals surface area (Å²) in [5.41, 5.74) is 3.08. The van der Waals surface area contributed by atoms with E-state index < -0.39 is 0 Å². The molecule has 1 amide bonds. The van der Waals surface area contributed by atoms with Crippen LogP contribution in [0.1, 0.15) is 46.2 Å². The molecular weight excluding hydrogens is 293 g/mol. The molecule has 0 saturated carbocycles. The summed E-state index contributed by atoms with van der Waals surface area (Å²) in [5, 5.41) is 4.54. The van der Waals surface area contributed by atoms with Gasteiger partial charge in [0.2, 0.25) is 0 Å². The Hall–Kier alpha value is -2.17. The number of aromatic nitrogens is 2. The van der Waals surface area contributed by atoms with Crippen molar-refractivity contribution in [1.29, 1.82) is 0 Å². The first-order chi connectivity index (χ1) is 11.0. The Balaban J connectivity index is 1.79. The van der Waals surface area contributed by atoms with Crippen molar-refractivity contribution in [2.45, 2.75) is 39.7 Å². The molecule has 0 unspecified atom stereocenters. The summed E-state index contributed by atoms with van der Waals surface area (Å²) in [6.07, 6.45) is 1.94. The smallest absolute Gasteiger partial charge is 0.254 e. The van der Waals surface area contributed by atoms with Crippen LogP contribution >= 0.6 is 0 Å². The molecule has 0 radical (unpaired) electrons. The second kappa shape index (κ2) is 6.14. The number of benzene rings is 1. The predicted octanol–water partition coefficient (Wildman–Crippen LogP) is 3.42. The second-order valence-electron chi connectivity index (χ2n) is 6.38. The van der Waals surface area contributed by atoms with Gasteiger partial charge in [-0.15, -0.1) is 0 Å². The van der Waals surface area contributed by atoms with E-state index in [0.29, 0.717) is 24.2 Å². The van der Waals surface area contributed by atoms with E-state index in [4.69, 9.17) is 0 Å². The number of hydrogen-bond acceptors (Lipinski definition) is 2.